The number of hydrogen-bond donors (Lipinski definition) is 1. The second-order valence-electron chi connectivity index (χ2n) is 4.34. The third kappa shape index (κ3) is 3.24. The molecule has 104 valence electrons. The number of benzene rings is 2. The number of nitrogens with one attached hydrogen (secondary N) is 1. The van der Waals surface area contributed by atoms with E-state index in [9.17, 15) is 14.5 Å². The molecule has 20 heavy (non-hydrogen) atoms. The molecular weight excluding hydrogens is 283 g/mol. The van der Waals surface area contributed by atoms with Crippen LogP contribution in [0.3, 0.4) is 0 Å². The van der Waals surface area contributed by atoms with Crippen molar-refractivity contribution in [3.05, 3.63) is 69.0 Å². The molecule has 0 aliphatic rings. The number of anilines is 1. The molecule has 0 aliphatic carbocycles. The highest BCUT2D eigenvalue weighted by Gasteiger charge is 2.13. The third-order valence-electron chi connectivity index (χ3n) is 2.88. The molecule has 0 bridgehead atoms. The van der Waals surface area contributed by atoms with Crippen LogP contribution in [0.4, 0.5) is 15.8 Å². The van der Waals surface area contributed by atoms with E-state index in [1.54, 1.807) is 18.2 Å². The van der Waals surface area contributed by atoms with Crippen molar-refractivity contribution in [3.8, 4) is 0 Å². The van der Waals surface area contributed by atoms with Crippen LogP contribution in [0.15, 0.2) is 42.5 Å². The van der Waals surface area contributed by atoms with Gasteiger partial charge in [0.15, 0.2) is 0 Å². The Morgan fingerprint density at radius 1 is 1.30 bits per heavy atom. The molecule has 0 saturated carbocycles. The summed E-state index contributed by atoms with van der Waals surface area (Å²) in [6.07, 6.45) is 0. The molecule has 1 atom stereocenters. The van der Waals surface area contributed by atoms with Crippen molar-refractivity contribution >= 4 is 23.0 Å². The molecular formula is C14H12ClFN2O2. The lowest BCUT2D eigenvalue weighted by molar-refractivity contribution is -0.384. The van der Waals surface area contributed by atoms with Crippen molar-refractivity contribution in [2.24, 2.45) is 0 Å². The Kier molecular flexibility index (Phi) is 4.20. The van der Waals surface area contributed by atoms with E-state index < -0.39 is 4.92 Å². The average molecular weight is 295 g/mol. The minimum absolute atomic E-state index is 0.0615. The fourth-order valence-corrected chi connectivity index (χ4v) is 2.10. The smallest absolute Gasteiger partial charge is 0.288 e. The predicted octanol–water partition coefficient (Wildman–Crippen LogP) is 4.56. The molecule has 2 aromatic rings. The third-order valence-corrected chi connectivity index (χ3v) is 3.18. The van der Waals surface area contributed by atoms with Crippen molar-refractivity contribution in [3.63, 3.8) is 0 Å². The molecule has 0 fully saturated rings. The van der Waals surface area contributed by atoms with Crippen LogP contribution in [0.1, 0.15) is 18.5 Å². The minimum atomic E-state index is -0.540. The van der Waals surface area contributed by atoms with Gasteiger partial charge in [0.2, 0.25) is 0 Å². The van der Waals surface area contributed by atoms with E-state index in [0.29, 0.717) is 5.69 Å². The van der Waals surface area contributed by atoms with Crippen LogP contribution in [0.25, 0.3) is 0 Å². The zero-order valence-electron chi connectivity index (χ0n) is 10.6. The quantitative estimate of drug-likeness (QED) is 0.664. The van der Waals surface area contributed by atoms with Gasteiger partial charge in [0.1, 0.15) is 10.8 Å². The van der Waals surface area contributed by atoms with E-state index in [1.165, 1.54) is 24.3 Å². The van der Waals surface area contributed by atoms with Crippen LogP contribution >= 0.6 is 11.6 Å². The van der Waals surface area contributed by atoms with Crippen molar-refractivity contribution < 1.29 is 9.31 Å². The first kappa shape index (κ1) is 14.3. The van der Waals surface area contributed by atoms with Crippen LogP contribution < -0.4 is 5.32 Å². The molecule has 1 unspecified atom stereocenters. The SMILES string of the molecule is CC(Nc1ccc([N+](=O)[O-])c(Cl)c1)c1cccc(F)c1. The Bertz CT molecular complexity index is 649. The van der Waals surface area contributed by atoms with Gasteiger partial charge >= 0.3 is 0 Å². The lowest BCUT2D eigenvalue weighted by atomic mass is 10.1. The van der Waals surface area contributed by atoms with Gasteiger partial charge in [-0.25, -0.2) is 4.39 Å². The first-order valence-electron chi connectivity index (χ1n) is 5.93. The topological polar surface area (TPSA) is 55.2 Å². The molecule has 0 heterocycles. The van der Waals surface area contributed by atoms with Gasteiger partial charge in [-0.3, -0.25) is 10.1 Å². The number of rotatable bonds is 4. The number of halogens is 2. The van der Waals surface area contributed by atoms with Crippen LogP contribution in [0.2, 0.25) is 5.02 Å². The number of hydrogen-bond acceptors (Lipinski definition) is 3. The van der Waals surface area contributed by atoms with Gasteiger partial charge in [-0.1, -0.05) is 23.7 Å². The molecule has 0 radical (unpaired) electrons. The van der Waals surface area contributed by atoms with Crippen molar-refractivity contribution in [2.45, 2.75) is 13.0 Å². The summed E-state index contributed by atoms with van der Waals surface area (Å²) in [5.74, 6) is -0.308. The summed E-state index contributed by atoms with van der Waals surface area (Å²) >= 11 is 5.84. The molecule has 0 aliphatic heterocycles. The molecule has 0 amide bonds. The molecule has 0 aromatic heterocycles. The maximum Gasteiger partial charge on any atom is 0.288 e. The highest BCUT2D eigenvalue weighted by atomic mass is 35.5. The molecule has 0 spiro atoms. The van der Waals surface area contributed by atoms with E-state index in [2.05, 4.69) is 5.32 Å². The number of nitrogens with zero attached hydrogens (tertiary/aromatic N) is 1. The van der Waals surface area contributed by atoms with E-state index in [1.807, 2.05) is 6.92 Å². The van der Waals surface area contributed by atoms with Gasteiger partial charge in [-0.2, -0.15) is 0 Å². The summed E-state index contributed by atoms with van der Waals surface area (Å²) in [4.78, 5) is 10.1. The fraction of sp³-hybridized carbons (Fsp3) is 0.143. The first-order valence-corrected chi connectivity index (χ1v) is 6.31. The van der Waals surface area contributed by atoms with Gasteiger partial charge < -0.3 is 5.32 Å². The van der Waals surface area contributed by atoms with E-state index in [0.717, 1.165) is 5.56 Å². The molecule has 4 nitrogen and oxygen atoms in total. The standard InChI is InChI=1S/C14H12ClFN2O2/c1-9(10-3-2-4-11(16)7-10)17-12-5-6-14(18(19)20)13(15)8-12/h2-9,17H,1H3. The van der Waals surface area contributed by atoms with Gasteiger partial charge in [0, 0.05) is 17.8 Å². The summed E-state index contributed by atoms with van der Waals surface area (Å²) in [5.41, 5.74) is 1.27. The van der Waals surface area contributed by atoms with Gasteiger partial charge in [0.05, 0.1) is 4.92 Å². The lowest BCUT2D eigenvalue weighted by Crippen LogP contribution is -2.07. The molecule has 6 heteroatoms. The maximum absolute atomic E-state index is 13.1. The predicted molar refractivity (Wildman–Crippen MR) is 76.5 cm³/mol. The van der Waals surface area contributed by atoms with E-state index in [4.69, 9.17) is 11.6 Å². The van der Waals surface area contributed by atoms with Crippen molar-refractivity contribution in [1.29, 1.82) is 0 Å². The second-order valence-corrected chi connectivity index (χ2v) is 4.75. The zero-order chi connectivity index (χ0) is 14.7. The van der Waals surface area contributed by atoms with Crippen LogP contribution in [-0.4, -0.2) is 4.92 Å². The normalized spacial score (nSPS) is 11.9. The summed E-state index contributed by atoms with van der Waals surface area (Å²) in [5, 5.41) is 13.9. The highest BCUT2D eigenvalue weighted by Crippen LogP contribution is 2.29. The Morgan fingerprint density at radius 2 is 2.05 bits per heavy atom. The molecule has 0 saturated heterocycles. The van der Waals surface area contributed by atoms with Crippen LogP contribution in [-0.2, 0) is 0 Å². The van der Waals surface area contributed by atoms with Gasteiger partial charge in [0.25, 0.3) is 5.69 Å². The van der Waals surface area contributed by atoms with Gasteiger partial charge in [-0.15, -0.1) is 0 Å². The summed E-state index contributed by atoms with van der Waals surface area (Å²) in [6, 6.07) is 10.5. The lowest BCUT2D eigenvalue weighted by Gasteiger charge is -2.16. The fourth-order valence-electron chi connectivity index (χ4n) is 1.85. The van der Waals surface area contributed by atoms with E-state index in [-0.39, 0.29) is 22.6 Å². The molecule has 2 rings (SSSR count). The number of nitro benzene ring substituents is 1. The monoisotopic (exact) mass is 294 g/mol. The molecule has 2 aromatic carbocycles. The molecule has 1 N–H and O–H groups in total. The Balaban J connectivity index is 2.18. The van der Waals surface area contributed by atoms with Crippen LogP contribution in [0.5, 0.6) is 0 Å². The Hall–Kier alpha value is -2.14. The first-order chi connectivity index (χ1) is 9.47. The summed E-state index contributed by atoms with van der Waals surface area (Å²) in [7, 11) is 0. The number of nitro groups is 1. The summed E-state index contributed by atoms with van der Waals surface area (Å²) in [6.45, 7) is 1.87. The Morgan fingerprint density at radius 3 is 2.65 bits per heavy atom. The second kappa shape index (κ2) is 5.88. The van der Waals surface area contributed by atoms with Crippen molar-refractivity contribution in [1.82, 2.24) is 0 Å². The average Bonchev–Trinajstić information content (AvgIpc) is 2.38. The van der Waals surface area contributed by atoms with Gasteiger partial charge in [-0.05, 0) is 36.8 Å². The Labute approximate surface area is 120 Å². The summed E-state index contributed by atoms with van der Waals surface area (Å²) < 4.78 is 13.1. The van der Waals surface area contributed by atoms with Crippen LogP contribution in [0, 0.1) is 15.9 Å². The maximum atomic E-state index is 13.1. The highest BCUT2D eigenvalue weighted by molar-refractivity contribution is 6.32. The van der Waals surface area contributed by atoms with Crippen molar-refractivity contribution in [2.75, 3.05) is 5.32 Å². The van der Waals surface area contributed by atoms with E-state index >= 15 is 0 Å². The zero-order valence-corrected chi connectivity index (χ0v) is 11.4. The largest absolute Gasteiger partial charge is 0.378 e. The minimum Gasteiger partial charge on any atom is -0.378 e.